The van der Waals surface area contributed by atoms with Gasteiger partial charge < -0.3 is 9.90 Å². The first kappa shape index (κ1) is 16.1. The number of carboxylic acid groups (broad SMARTS) is 1. The van der Waals surface area contributed by atoms with Crippen LogP contribution in [0.4, 0.5) is 21.4 Å². The Kier molecular flexibility index (Phi) is 4.65. The second kappa shape index (κ2) is 4.04. The molecule has 0 aromatic carbocycles. The number of rotatable bonds is 3. The van der Waals surface area contributed by atoms with Crippen molar-refractivity contribution in [3.05, 3.63) is 0 Å². The Morgan fingerprint density at radius 3 is 1.50 bits per heavy atom. The molecule has 4 nitrogen and oxygen atoms in total. The van der Waals surface area contributed by atoms with Crippen molar-refractivity contribution in [1.29, 1.82) is 0 Å². The first-order valence-electron chi connectivity index (χ1n) is 2.36. The van der Waals surface area contributed by atoms with Gasteiger partial charge in [0.2, 0.25) is 0 Å². The molecule has 0 saturated heterocycles. The van der Waals surface area contributed by atoms with Gasteiger partial charge in [-0.2, -0.15) is 26.0 Å². The summed E-state index contributed by atoms with van der Waals surface area (Å²) in [7, 11) is -7.01. The van der Waals surface area contributed by atoms with Gasteiger partial charge in [-0.05, 0) is 0 Å². The van der Waals surface area contributed by atoms with Crippen molar-refractivity contribution in [3.63, 3.8) is 0 Å². The van der Waals surface area contributed by atoms with Gasteiger partial charge in [0.25, 0.3) is 0 Å². The molecule has 0 N–H and O–H groups in total. The number of aliphatic carboxylic acids is 1. The van der Waals surface area contributed by atoms with Gasteiger partial charge in [-0.3, -0.25) is 0 Å². The number of halogens is 5. The van der Waals surface area contributed by atoms with E-state index in [1.54, 1.807) is 0 Å². The van der Waals surface area contributed by atoms with E-state index in [1.807, 2.05) is 0 Å². The van der Waals surface area contributed by atoms with E-state index in [0.29, 0.717) is 0 Å². The van der Waals surface area contributed by atoms with Gasteiger partial charge in [0, 0.05) is 0 Å². The molecule has 0 aliphatic rings. The minimum Gasteiger partial charge on any atom is -0.544 e. The Hall–Kier alpha value is -0.333. The van der Waals surface area contributed by atoms with Crippen molar-refractivity contribution >= 4 is 16.2 Å². The third-order valence-electron chi connectivity index (χ3n) is 0.928. The summed E-state index contributed by atoms with van der Waals surface area (Å²) in [6.45, 7) is 0. The minimum absolute atomic E-state index is 0. The molecule has 0 aromatic rings. The molecule has 0 spiro atoms. The second-order valence-electron chi connectivity index (χ2n) is 1.82. The largest absolute Gasteiger partial charge is 1.00 e. The molecule has 0 aliphatic carbocycles. The zero-order valence-corrected chi connectivity index (χ0v) is 7.25. The van der Waals surface area contributed by atoms with Crippen LogP contribution in [0.25, 0.3) is 0 Å². The van der Waals surface area contributed by atoms with Gasteiger partial charge in [-0.25, -0.2) is 0 Å². The molecule has 0 heterocycles. The van der Waals surface area contributed by atoms with Crippen LogP contribution in [0.2, 0.25) is 0 Å². The van der Waals surface area contributed by atoms with Gasteiger partial charge in [0.1, 0.15) is 5.97 Å². The molecule has 0 fully saturated rings. The maximum absolute atomic E-state index is 11.8. The molecule has 14 heavy (non-hydrogen) atoms. The maximum Gasteiger partial charge on any atom is 1.00 e. The van der Waals surface area contributed by atoms with E-state index in [2.05, 4.69) is 0 Å². The van der Waals surface area contributed by atoms with E-state index in [0.717, 1.165) is 0 Å². The molecule has 0 aliphatic heterocycles. The Morgan fingerprint density at radius 1 is 1.14 bits per heavy atom. The predicted octanol–water partition coefficient (Wildman–Crippen LogP) is -3.73. The van der Waals surface area contributed by atoms with Gasteiger partial charge in [-0.1, -0.05) is 3.89 Å². The SMILES string of the molecule is O=C([O-])C(F)(F)C(F)(F)S(=O)(=O)F.[Li+]. The van der Waals surface area contributed by atoms with Crippen LogP contribution in [0.5, 0.6) is 0 Å². The summed E-state index contributed by atoms with van der Waals surface area (Å²) in [4.78, 5) is 9.34. The third-order valence-corrected chi connectivity index (χ3v) is 1.80. The van der Waals surface area contributed by atoms with Gasteiger partial charge in [-0.15, -0.1) is 0 Å². The Labute approximate surface area is 86.5 Å². The number of carboxylic acids is 1. The molecule has 0 atom stereocenters. The monoisotopic (exact) mass is 234 g/mol. The van der Waals surface area contributed by atoms with Crippen molar-refractivity contribution in [1.82, 2.24) is 0 Å². The summed E-state index contributed by atoms with van der Waals surface area (Å²) < 4.78 is 77.5. The molecule has 0 saturated carbocycles. The Bertz CT molecular complexity index is 324. The van der Waals surface area contributed by atoms with Crippen molar-refractivity contribution in [2.75, 3.05) is 0 Å². The standard InChI is InChI=1S/C3HF5O4S.Li/c4-2(5,1(9)10)3(6,7)13(8,11)12;/h(H,9,10);/q;+1/p-1. The predicted molar refractivity (Wildman–Crippen MR) is 24.9 cm³/mol. The topological polar surface area (TPSA) is 74.3 Å². The van der Waals surface area contributed by atoms with Crippen LogP contribution in [0.15, 0.2) is 0 Å². The first-order valence-corrected chi connectivity index (χ1v) is 3.74. The fraction of sp³-hybridized carbons (Fsp3) is 0.667. The number of hydrogen-bond donors (Lipinski definition) is 0. The van der Waals surface area contributed by atoms with Crippen molar-refractivity contribution in [2.45, 2.75) is 11.2 Å². The van der Waals surface area contributed by atoms with Crippen molar-refractivity contribution in [3.8, 4) is 0 Å². The second-order valence-corrected chi connectivity index (χ2v) is 3.20. The quantitative estimate of drug-likeness (QED) is 0.286. The molecular formula is C3F5LiO4S. The molecule has 78 valence electrons. The van der Waals surface area contributed by atoms with E-state index in [9.17, 15) is 39.8 Å². The van der Waals surface area contributed by atoms with E-state index >= 15 is 0 Å². The average Bonchev–Trinajstić information content (AvgIpc) is 1.84. The normalized spacial score (nSPS) is 13.2. The van der Waals surface area contributed by atoms with Gasteiger partial charge >= 0.3 is 40.3 Å². The number of alkyl halides is 4. The van der Waals surface area contributed by atoms with Crippen LogP contribution in [-0.4, -0.2) is 25.6 Å². The van der Waals surface area contributed by atoms with Crippen LogP contribution in [0, 0.1) is 0 Å². The molecule has 11 heteroatoms. The zero-order chi connectivity index (χ0) is 11.1. The van der Waals surface area contributed by atoms with Crippen LogP contribution in [0.3, 0.4) is 0 Å². The van der Waals surface area contributed by atoms with Crippen LogP contribution < -0.4 is 24.0 Å². The average molecular weight is 234 g/mol. The zero-order valence-electron chi connectivity index (χ0n) is 6.43. The number of carbonyl (C=O) groups excluding carboxylic acids is 1. The molecule has 0 amide bonds. The molecule has 0 radical (unpaired) electrons. The summed E-state index contributed by atoms with van der Waals surface area (Å²) in [5.41, 5.74) is 0. The van der Waals surface area contributed by atoms with Gasteiger partial charge in [0.15, 0.2) is 0 Å². The summed E-state index contributed by atoms with van der Waals surface area (Å²) in [6.07, 6.45) is 0. The summed E-state index contributed by atoms with van der Waals surface area (Å²) >= 11 is 0. The summed E-state index contributed by atoms with van der Waals surface area (Å²) in [5.74, 6) is -9.79. The Balaban J connectivity index is 0. The Morgan fingerprint density at radius 2 is 1.43 bits per heavy atom. The number of hydrogen-bond acceptors (Lipinski definition) is 4. The fourth-order valence-electron chi connectivity index (χ4n) is 0.272. The van der Waals surface area contributed by atoms with Crippen LogP contribution in [-0.2, 0) is 15.0 Å². The maximum atomic E-state index is 11.8. The molecule has 0 aromatic heterocycles. The molecular weight excluding hydrogens is 234 g/mol. The van der Waals surface area contributed by atoms with E-state index in [1.165, 1.54) is 0 Å². The summed E-state index contributed by atoms with van der Waals surface area (Å²) in [6, 6.07) is 0. The fourth-order valence-corrected chi connectivity index (χ4v) is 0.661. The van der Waals surface area contributed by atoms with E-state index in [4.69, 9.17) is 0 Å². The smallest absolute Gasteiger partial charge is 0.544 e. The first-order chi connectivity index (χ1) is 5.44. The third kappa shape index (κ3) is 2.37. The molecule has 0 unspecified atom stereocenters. The number of carbonyl (C=O) groups is 1. The van der Waals surface area contributed by atoms with Crippen LogP contribution in [0.1, 0.15) is 0 Å². The van der Waals surface area contributed by atoms with E-state index < -0.39 is 27.4 Å². The van der Waals surface area contributed by atoms with Crippen LogP contribution >= 0.6 is 0 Å². The van der Waals surface area contributed by atoms with Crippen molar-refractivity contribution in [2.24, 2.45) is 0 Å². The molecule has 0 rings (SSSR count). The summed E-state index contributed by atoms with van der Waals surface area (Å²) in [5, 5.41) is 3.01. The van der Waals surface area contributed by atoms with Crippen molar-refractivity contribution < 1.29 is 58.6 Å². The van der Waals surface area contributed by atoms with Gasteiger partial charge in [0.05, 0.1) is 0 Å². The van der Waals surface area contributed by atoms with E-state index in [-0.39, 0.29) is 18.9 Å². The minimum atomic E-state index is -7.01. The molecule has 0 bridgehead atoms.